The van der Waals surface area contributed by atoms with Gasteiger partial charge in [0.1, 0.15) is 6.04 Å². The first kappa shape index (κ1) is 45.4. The zero-order valence-electron chi connectivity index (χ0n) is 32.4. The smallest absolute Gasteiger partial charge is 0.256 e. The predicted molar refractivity (Wildman–Crippen MR) is 202 cm³/mol. The van der Waals surface area contributed by atoms with Crippen LogP contribution in [-0.2, 0) is 45.1 Å². The minimum atomic E-state index is -4.09. The summed E-state index contributed by atoms with van der Waals surface area (Å²) in [6.07, 6.45) is 0.616. The minimum absolute atomic E-state index is 0.000349. The van der Waals surface area contributed by atoms with Crippen LogP contribution < -0.4 is 15.8 Å². The van der Waals surface area contributed by atoms with Crippen LogP contribution in [0.2, 0.25) is 0 Å². The topological polar surface area (TPSA) is 226 Å². The monoisotopic (exact) mass is 764 g/mol. The predicted octanol–water partition coefficient (Wildman–Crippen LogP) is 2.76. The van der Waals surface area contributed by atoms with E-state index in [4.69, 9.17) is 20.7 Å². The summed E-state index contributed by atoms with van der Waals surface area (Å²) in [7, 11) is 0.593. The number of nitrogens with one attached hydrogen (secondary N) is 2. The van der Waals surface area contributed by atoms with E-state index in [2.05, 4.69) is 15.3 Å². The number of hydrogen-bond acceptors (Lipinski definition) is 10. The Morgan fingerprint density at radius 3 is 2.32 bits per heavy atom. The summed E-state index contributed by atoms with van der Waals surface area (Å²) in [5.74, 6) is -3.26. The Morgan fingerprint density at radius 2 is 1.75 bits per heavy atom. The van der Waals surface area contributed by atoms with E-state index in [0.717, 1.165) is 6.42 Å². The van der Waals surface area contributed by atoms with E-state index in [1.54, 1.807) is 54.1 Å². The summed E-state index contributed by atoms with van der Waals surface area (Å²) in [6.45, 7) is 9.82. The number of sulfonamides is 1. The summed E-state index contributed by atoms with van der Waals surface area (Å²) < 4.78 is 39.1. The van der Waals surface area contributed by atoms with E-state index in [1.807, 2.05) is 32.4 Å². The number of ether oxygens (including phenoxy) is 2. The van der Waals surface area contributed by atoms with E-state index in [0.29, 0.717) is 24.9 Å². The molecule has 1 aromatic carbocycles. The average Bonchev–Trinajstić information content (AvgIpc) is 3.62. The number of likely N-dealkylation sites (tertiary alicyclic amines) is 1. The Bertz CT molecular complexity index is 1510. The molecule has 8 atom stereocenters. The fourth-order valence-corrected chi connectivity index (χ4v) is 7.89. The molecule has 4 amide bonds. The van der Waals surface area contributed by atoms with Crippen LogP contribution in [0.3, 0.4) is 0 Å². The maximum atomic E-state index is 14.0. The molecule has 1 aliphatic heterocycles. The van der Waals surface area contributed by atoms with Gasteiger partial charge >= 0.3 is 0 Å². The molecule has 1 saturated heterocycles. The molecule has 0 spiro atoms. The Morgan fingerprint density at radius 1 is 1.09 bits per heavy atom. The number of nitrogens with zero attached hydrogens (tertiary/aromatic N) is 5. The molecule has 1 heterocycles. The van der Waals surface area contributed by atoms with E-state index in [9.17, 15) is 27.6 Å². The molecular formula is C36H60N8O8S. The minimum Gasteiger partial charge on any atom is -0.379 e. The highest BCUT2D eigenvalue weighted by molar-refractivity contribution is 7.90. The van der Waals surface area contributed by atoms with Gasteiger partial charge in [0.25, 0.3) is 5.91 Å². The molecule has 1 aliphatic rings. The summed E-state index contributed by atoms with van der Waals surface area (Å²) in [4.78, 5) is 60.4. The van der Waals surface area contributed by atoms with Crippen molar-refractivity contribution >= 4 is 33.7 Å². The molecule has 0 saturated carbocycles. The zero-order valence-corrected chi connectivity index (χ0v) is 33.3. The highest BCUT2D eigenvalue weighted by atomic mass is 32.2. The fraction of sp³-hybridized carbons (Fsp3) is 0.722. The number of likely N-dealkylation sites (N-methyl/N-ethyl adjacent to an activating group) is 1. The number of amides is 4. The molecule has 53 heavy (non-hydrogen) atoms. The van der Waals surface area contributed by atoms with Gasteiger partial charge in [-0.1, -0.05) is 76.5 Å². The molecule has 0 radical (unpaired) electrons. The number of carbonyl (C=O) groups is 4. The number of nitrogens with two attached hydrogens (primary N) is 1. The number of hydrogen-bond donors (Lipinski definition) is 3. The summed E-state index contributed by atoms with van der Waals surface area (Å²) in [6, 6.07) is 6.01. The lowest BCUT2D eigenvalue weighted by Gasteiger charge is -2.40. The van der Waals surface area contributed by atoms with Crippen molar-refractivity contribution in [1.29, 1.82) is 0 Å². The van der Waals surface area contributed by atoms with Gasteiger partial charge in [-0.05, 0) is 42.2 Å². The van der Waals surface area contributed by atoms with Crippen molar-refractivity contribution in [3.8, 4) is 0 Å². The number of azide groups is 1. The SMILES string of the molecule is CC[C@H](C)[C@@H]([C@H](CC(=O)N1CCC[C@H]1[C@H](OC)[C@@H](C)C(=O)N[C@@H](Cc1ccccc1)C(=O)NS(=O)(=O)CCCN=[N+]=[N-])OC)N(C)C(=O)[C@@H](N)C(C)C. The van der Waals surface area contributed by atoms with Gasteiger partial charge in [-0.25, -0.2) is 8.42 Å². The van der Waals surface area contributed by atoms with Crippen LogP contribution in [0, 0.1) is 17.8 Å². The molecular weight excluding hydrogens is 705 g/mol. The zero-order chi connectivity index (χ0) is 39.9. The van der Waals surface area contributed by atoms with Gasteiger partial charge in [-0.15, -0.1) is 0 Å². The Labute approximate surface area is 314 Å². The Kier molecular flexibility index (Phi) is 18.7. The highest BCUT2D eigenvalue weighted by Crippen LogP contribution is 2.29. The third-order valence-corrected chi connectivity index (χ3v) is 11.5. The van der Waals surface area contributed by atoms with Crippen LogP contribution in [0.15, 0.2) is 35.4 Å². The van der Waals surface area contributed by atoms with E-state index in [-0.39, 0.29) is 49.5 Å². The molecule has 0 bridgehead atoms. The molecule has 0 unspecified atom stereocenters. The fourth-order valence-electron chi connectivity index (χ4n) is 6.83. The van der Waals surface area contributed by atoms with Gasteiger partial charge in [-0.3, -0.25) is 23.9 Å². The first-order chi connectivity index (χ1) is 25.0. The van der Waals surface area contributed by atoms with Gasteiger partial charge in [0.05, 0.1) is 48.4 Å². The van der Waals surface area contributed by atoms with Crippen LogP contribution in [0.4, 0.5) is 0 Å². The molecule has 2 rings (SSSR count). The second-order valence-electron chi connectivity index (χ2n) is 14.2. The quantitative estimate of drug-likeness (QED) is 0.0682. The maximum absolute atomic E-state index is 14.0. The summed E-state index contributed by atoms with van der Waals surface area (Å²) in [5.41, 5.74) is 15.4. The van der Waals surface area contributed by atoms with Gasteiger partial charge in [-0.2, -0.15) is 0 Å². The second kappa shape index (κ2) is 21.8. The van der Waals surface area contributed by atoms with Gasteiger partial charge in [0.15, 0.2) is 0 Å². The molecule has 16 nitrogen and oxygen atoms in total. The third kappa shape index (κ3) is 13.2. The van der Waals surface area contributed by atoms with Crippen molar-refractivity contribution in [2.75, 3.05) is 40.1 Å². The van der Waals surface area contributed by atoms with Crippen LogP contribution in [-0.4, -0.2) is 118 Å². The molecule has 1 fully saturated rings. The van der Waals surface area contributed by atoms with Crippen molar-refractivity contribution in [2.24, 2.45) is 28.6 Å². The summed E-state index contributed by atoms with van der Waals surface area (Å²) in [5, 5.41) is 6.05. The van der Waals surface area contributed by atoms with E-state index >= 15 is 0 Å². The molecule has 4 N–H and O–H groups in total. The van der Waals surface area contributed by atoms with Gasteiger partial charge < -0.3 is 30.3 Å². The molecule has 0 aromatic heterocycles. The first-order valence-electron chi connectivity index (χ1n) is 18.3. The largest absolute Gasteiger partial charge is 0.379 e. The van der Waals surface area contributed by atoms with Gasteiger partial charge in [0, 0.05) is 45.7 Å². The van der Waals surface area contributed by atoms with Crippen molar-refractivity contribution in [3.05, 3.63) is 46.3 Å². The molecule has 298 valence electrons. The van der Waals surface area contributed by atoms with Crippen LogP contribution in [0.1, 0.15) is 72.3 Å². The van der Waals surface area contributed by atoms with Crippen molar-refractivity contribution in [2.45, 2.75) is 110 Å². The lowest BCUT2D eigenvalue weighted by molar-refractivity contribution is -0.146. The van der Waals surface area contributed by atoms with Crippen LogP contribution >= 0.6 is 0 Å². The highest BCUT2D eigenvalue weighted by Gasteiger charge is 2.43. The number of benzene rings is 1. The number of carbonyl (C=O) groups excluding carboxylic acids is 4. The summed E-state index contributed by atoms with van der Waals surface area (Å²) >= 11 is 0. The normalized spacial score (nSPS) is 18.5. The number of rotatable bonds is 22. The first-order valence-corrected chi connectivity index (χ1v) is 19.9. The standard InChI is InChI=1S/C36H60N8O8S/c1-9-24(4)32(43(6)36(48)31(37)23(2)3)29(51-7)22-30(45)44-19-13-17-28(44)33(52-8)25(5)34(46)40-27(21-26-15-11-10-12-16-26)35(47)41-53(49,50)20-14-18-39-42-38/h10-12,15-16,23-25,27-29,31-33H,9,13-14,17-22,37H2,1-8H3,(H,40,46)(H,41,47)/t24-,25+,27-,28-,29-,31-,32-,33+/m0/s1. The lowest BCUT2D eigenvalue weighted by atomic mass is 9.89. The maximum Gasteiger partial charge on any atom is 0.256 e. The average molecular weight is 765 g/mol. The molecule has 1 aromatic rings. The number of methoxy groups -OCH3 is 2. The molecule has 17 heteroatoms. The molecule has 0 aliphatic carbocycles. The lowest BCUT2D eigenvalue weighted by Crippen LogP contribution is -2.56. The second-order valence-corrected chi connectivity index (χ2v) is 16.0. The van der Waals surface area contributed by atoms with Crippen molar-refractivity contribution in [1.82, 2.24) is 19.8 Å². The van der Waals surface area contributed by atoms with Crippen molar-refractivity contribution in [3.63, 3.8) is 0 Å². The van der Waals surface area contributed by atoms with Crippen LogP contribution in [0.25, 0.3) is 10.4 Å². The van der Waals surface area contributed by atoms with Crippen LogP contribution in [0.5, 0.6) is 0 Å². The third-order valence-electron chi connectivity index (χ3n) is 10.2. The van der Waals surface area contributed by atoms with Crippen molar-refractivity contribution < 1.29 is 37.1 Å². The Balaban J connectivity index is 2.27. The van der Waals surface area contributed by atoms with Gasteiger partial charge in [0.2, 0.25) is 27.7 Å². The van der Waals surface area contributed by atoms with E-state index < -0.39 is 69.9 Å². The Hall–Kier alpha value is -3.76. The van der Waals surface area contributed by atoms with E-state index in [1.165, 1.54) is 14.2 Å².